The average molecular weight is 402 g/mol. The number of anilines is 1. The Morgan fingerprint density at radius 1 is 0.767 bits per heavy atom. The number of nitrogens with one attached hydrogen (secondary N) is 1. The summed E-state index contributed by atoms with van der Waals surface area (Å²) in [5, 5.41) is 2.55. The van der Waals surface area contributed by atoms with E-state index in [9.17, 15) is 14.4 Å². The van der Waals surface area contributed by atoms with Crippen molar-refractivity contribution in [2.75, 3.05) is 12.4 Å². The Morgan fingerprint density at radius 2 is 1.27 bits per heavy atom. The molecule has 0 aromatic heterocycles. The first kappa shape index (κ1) is 20.8. The van der Waals surface area contributed by atoms with Crippen molar-refractivity contribution in [1.82, 2.24) is 4.90 Å². The third-order valence-corrected chi connectivity index (χ3v) is 4.49. The molecule has 3 aromatic rings. The van der Waals surface area contributed by atoms with E-state index < -0.39 is 17.8 Å². The molecule has 152 valence electrons. The summed E-state index contributed by atoms with van der Waals surface area (Å²) in [4.78, 5) is 39.2. The molecule has 0 saturated carbocycles. The van der Waals surface area contributed by atoms with Gasteiger partial charge in [-0.25, -0.2) is 4.79 Å². The Morgan fingerprint density at radius 3 is 1.80 bits per heavy atom. The molecule has 0 aliphatic rings. The van der Waals surface area contributed by atoms with Crippen LogP contribution in [0.3, 0.4) is 0 Å². The lowest BCUT2D eigenvalue weighted by molar-refractivity contribution is -0.144. The second kappa shape index (κ2) is 10.0. The van der Waals surface area contributed by atoms with Crippen molar-refractivity contribution >= 4 is 23.5 Å². The first-order valence-electron chi connectivity index (χ1n) is 9.44. The topological polar surface area (TPSA) is 75.7 Å². The molecule has 30 heavy (non-hydrogen) atoms. The fourth-order valence-electron chi connectivity index (χ4n) is 3.01. The van der Waals surface area contributed by atoms with Crippen molar-refractivity contribution in [2.45, 2.75) is 13.1 Å². The molecule has 6 heteroatoms. The van der Waals surface area contributed by atoms with Crippen LogP contribution in [-0.4, -0.2) is 29.8 Å². The van der Waals surface area contributed by atoms with Gasteiger partial charge in [0.15, 0.2) is 0 Å². The van der Waals surface area contributed by atoms with Crippen molar-refractivity contribution in [2.24, 2.45) is 0 Å². The molecule has 3 rings (SSSR count). The summed E-state index contributed by atoms with van der Waals surface area (Å²) in [5.74, 6) is -2.11. The molecule has 2 amide bonds. The minimum Gasteiger partial charge on any atom is -0.465 e. The van der Waals surface area contributed by atoms with E-state index in [1.54, 1.807) is 18.2 Å². The van der Waals surface area contributed by atoms with Crippen LogP contribution in [0.2, 0.25) is 0 Å². The van der Waals surface area contributed by atoms with E-state index in [4.69, 9.17) is 4.74 Å². The van der Waals surface area contributed by atoms with E-state index in [1.165, 1.54) is 18.1 Å². The maximum Gasteiger partial charge on any atom is 0.339 e. The van der Waals surface area contributed by atoms with Crippen molar-refractivity contribution in [3.63, 3.8) is 0 Å². The summed E-state index contributed by atoms with van der Waals surface area (Å²) in [6.07, 6.45) is 0. The van der Waals surface area contributed by atoms with E-state index in [0.29, 0.717) is 0 Å². The Balaban J connectivity index is 1.81. The quantitative estimate of drug-likeness (QED) is 0.505. The molecule has 3 aromatic carbocycles. The number of methoxy groups -OCH3 is 1. The second-order valence-electron chi connectivity index (χ2n) is 6.62. The summed E-state index contributed by atoms with van der Waals surface area (Å²) in [6, 6.07) is 25.3. The van der Waals surface area contributed by atoms with Gasteiger partial charge >= 0.3 is 17.8 Å². The lowest BCUT2D eigenvalue weighted by Gasteiger charge is -2.23. The molecule has 0 aliphatic heterocycles. The van der Waals surface area contributed by atoms with Crippen LogP contribution in [0.5, 0.6) is 0 Å². The summed E-state index contributed by atoms with van der Waals surface area (Å²) in [7, 11) is 1.26. The van der Waals surface area contributed by atoms with E-state index in [-0.39, 0.29) is 24.3 Å². The molecule has 0 spiro atoms. The number of nitrogens with zero attached hydrogens (tertiary/aromatic N) is 1. The fraction of sp³-hybridized carbons (Fsp3) is 0.125. The highest BCUT2D eigenvalue weighted by Gasteiger charge is 2.24. The Bertz CT molecular complexity index is 978. The third-order valence-electron chi connectivity index (χ3n) is 4.49. The number of rotatable bonds is 6. The predicted molar refractivity (Wildman–Crippen MR) is 114 cm³/mol. The molecule has 0 unspecified atom stereocenters. The van der Waals surface area contributed by atoms with Crippen LogP contribution in [0.25, 0.3) is 0 Å². The Hall–Kier alpha value is -3.93. The number of esters is 1. The van der Waals surface area contributed by atoms with Crippen molar-refractivity contribution < 1.29 is 19.1 Å². The van der Waals surface area contributed by atoms with E-state index in [0.717, 1.165) is 11.1 Å². The van der Waals surface area contributed by atoms with Crippen LogP contribution < -0.4 is 5.32 Å². The van der Waals surface area contributed by atoms with Crippen LogP contribution >= 0.6 is 0 Å². The summed E-state index contributed by atoms with van der Waals surface area (Å²) in [6.45, 7) is 0.557. The number of benzene rings is 3. The lowest BCUT2D eigenvalue weighted by Crippen LogP contribution is -2.39. The second-order valence-corrected chi connectivity index (χ2v) is 6.62. The van der Waals surface area contributed by atoms with Crippen molar-refractivity contribution in [3.05, 3.63) is 102 Å². The average Bonchev–Trinajstić information content (AvgIpc) is 2.79. The number of hydrogen-bond donors (Lipinski definition) is 1. The van der Waals surface area contributed by atoms with Crippen LogP contribution in [0, 0.1) is 0 Å². The first-order valence-corrected chi connectivity index (χ1v) is 9.44. The van der Waals surface area contributed by atoms with Gasteiger partial charge in [0, 0.05) is 13.1 Å². The van der Waals surface area contributed by atoms with Gasteiger partial charge in [0.25, 0.3) is 0 Å². The Kier molecular flexibility index (Phi) is 6.95. The fourth-order valence-corrected chi connectivity index (χ4v) is 3.01. The molecule has 0 radical (unpaired) electrons. The molecule has 0 bridgehead atoms. The highest BCUT2D eigenvalue weighted by atomic mass is 16.5. The maximum absolute atomic E-state index is 13.0. The molecule has 0 saturated heterocycles. The largest absolute Gasteiger partial charge is 0.465 e. The lowest BCUT2D eigenvalue weighted by atomic mass is 10.1. The number of amides is 2. The minimum atomic E-state index is -0.821. The zero-order valence-electron chi connectivity index (χ0n) is 16.6. The number of hydrogen-bond acceptors (Lipinski definition) is 4. The van der Waals surface area contributed by atoms with Gasteiger partial charge < -0.3 is 15.0 Å². The SMILES string of the molecule is COC(=O)c1ccccc1NC(=O)C(=O)N(Cc1ccccc1)Cc1ccccc1. The maximum atomic E-state index is 13.0. The van der Waals surface area contributed by atoms with Gasteiger partial charge in [-0.1, -0.05) is 72.8 Å². The number of carbonyl (C=O) groups is 3. The van der Waals surface area contributed by atoms with Crippen LogP contribution in [0.15, 0.2) is 84.9 Å². The standard InChI is InChI=1S/C24H22N2O4/c1-30-24(29)20-14-8-9-15-21(20)25-22(27)23(28)26(16-18-10-4-2-5-11-18)17-19-12-6-3-7-13-19/h2-15H,16-17H2,1H3,(H,25,27). The molecule has 6 nitrogen and oxygen atoms in total. The summed E-state index contributed by atoms with van der Waals surface area (Å²) < 4.78 is 4.74. The van der Waals surface area contributed by atoms with E-state index >= 15 is 0 Å². The molecular formula is C24H22N2O4. The Labute approximate surface area is 175 Å². The zero-order chi connectivity index (χ0) is 21.3. The monoisotopic (exact) mass is 402 g/mol. The van der Waals surface area contributed by atoms with Gasteiger partial charge in [-0.3, -0.25) is 9.59 Å². The van der Waals surface area contributed by atoms with Crippen molar-refractivity contribution in [1.29, 1.82) is 0 Å². The molecule has 0 fully saturated rings. The van der Waals surface area contributed by atoms with Gasteiger partial charge in [-0.15, -0.1) is 0 Å². The molecule has 0 atom stereocenters. The molecule has 0 aliphatic carbocycles. The molecule has 0 heterocycles. The normalized spacial score (nSPS) is 10.2. The number of ether oxygens (including phenoxy) is 1. The summed E-state index contributed by atoms with van der Waals surface area (Å²) in [5.41, 5.74) is 2.22. The highest BCUT2D eigenvalue weighted by molar-refractivity contribution is 6.39. The van der Waals surface area contributed by atoms with Gasteiger partial charge in [-0.2, -0.15) is 0 Å². The smallest absolute Gasteiger partial charge is 0.339 e. The van der Waals surface area contributed by atoms with Crippen LogP contribution in [0.4, 0.5) is 5.69 Å². The highest BCUT2D eigenvalue weighted by Crippen LogP contribution is 2.17. The zero-order valence-corrected chi connectivity index (χ0v) is 16.6. The summed E-state index contributed by atoms with van der Waals surface area (Å²) >= 11 is 0. The number of carbonyl (C=O) groups excluding carboxylic acids is 3. The van der Waals surface area contributed by atoms with Gasteiger partial charge in [0.2, 0.25) is 0 Å². The minimum absolute atomic E-state index is 0.179. The predicted octanol–water partition coefficient (Wildman–Crippen LogP) is 3.64. The van der Waals surface area contributed by atoms with E-state index in [2.05, 4.69) is 5.32 Å². The third kappa shape index (κ3) is 5.32. The van der Waals surface area contributed by atoms with E-state index in [1.807, 2.05) is 60.7 Å². The van der Waals surface area contributed by atoms with Crippen molar-refractivity contribution in [3.8, 4) is 0 Å². The van der Waals surface area contributed by atoms with Gasteiger partial charge in [0.1, 0.15) is 0 Å². The first-order chi connectivity index (χ1) is 14.6. The van der Waals surface area contributed by atoms with Gasteiger partial charge in [-0.05, 0) is 23.3 Å². The van der Waals surface area contributed by atoms with Crippen LogP contribution in [-0.2, 0) is 27.4 Å². The van der Waals surface area contributed by atoms with Crippen LogP contribution in [0.1, 0.15) is 21.5 Å². The van der Waals surface area contributed by atoms with Gasteiger partial charge in [0.05, 0.1) is 18.4 Å². The molecule has 1 N–H and O–H groups in total. The molecular weight excluding hydrogens is 380 g/mol. The number of para-hydroxylation sites is 1.